The quantitative estimate of drug-likeness (QED) is 0.296. The number of nitrogens with zero attached hydrogens (tertiary/aromatic N) is 1. The highest BCUT2D eigenvalue weighted by Gasteiger charge is 2.22. The summed E-state index contributed by atoms with van der Waals surface area (Å²) in [6, 6.07) is 21.5. The van der Waals surface area contributed by atoms with Crippen molar-refractivity contribution < 1.29 is 4.42 Å². The molecule has 0 atom stereocenters. The number of para-hydroxylation sites is 1. The number of allylic oxidation sites excluding steroid dienone is 5. The molecule has 0 saturated heterocycles. The highest BCUT2D eigenvalue weighted by atomic mass is 16.3. The zero-order chi connectivity index (χ0) is 24.4. The first-order chi connectivity index (χ1) is 17.0. The number of hydrogen-bond donors (Lipinski definition) is 1. The van der Waals surface area contributed by atoms with Gasteiger partial charge in [0.15, 0.2) is 0 Å². The van der Waals surface area contributed by atoms with Gasteiger partial charge in [0.1, 0.15) is 11.2 Å². The number of hydrogen-bond acceptors (Lipinski definition) is 3. The molecule has 4 aromatic rings. The van der Waals surface area contributed by atoms with Gasteiger partial charge in [-0.1, -0.05) is 65.8 Å². The molecule has 0 saturated carbocycles. The lowest BCUT2D eigenvalue weighted by Gasteiger charge is -2.33. The van der Waals surface area contributed by atoms with Crippen LogP contribution in [-0.4, -0.2) is 13.6 Å². The molecule has 0 radical (unpaired) electrons. The first-order valence-electron chi connectivity index (χ1n) is 12.2. The Balaban J connectivity index is 1.69. The van der Waals surface area contributed by atoms with Gasteiger partial charge >= 0.3 is 0 Å². The largest absolute Gasteiger partial charge is 0.456 e. The summed E-state index contributed by atoms with van der Waals surface area (Å²) in [4.78, 5) is 2.45. The van der Waals surface area contributed by atoms with Gasteiger partial charge in [0.25, 0.3) is 0 Å². The zero-order valence-corrected chi connectivity index (χ0v) is 20.9. The summed E-state index contributed by atoms with van der Waals surface area (Å²) in [7, 11) is 1.92. The Labute approximate surface area is 207 Å². The molecule has 1 N–H and O–H groups in total. The Morgan fingerprint density at radius 2 is 1.77 bits per heavy atom. The summed E-state index contributed by atoms with van der Waals surface area (Å²) in [5.41, 5.74) is 10.7. The van der Waals surface area contributed by atoms with Crippen molar-refractivity contribution >= 4 is 33.3 Å². The molecule has 0 aliphatic carbocycles. The fourth-order valence-corrected chi connectivity index (χ4v) is 4.78. The normalized spacial score (nSPS) is 14.6. The molecule has 0 amide bonds. The minimum atomic E-state index is 0.838. The van der Waals surface area contributed by atoms with E-state index in [1.807, 2.05) is 25.4 Å². The van der Waals surface area contributed by atoms with Crippen LogP contribution in [0.1, 0.15) is 30.5 Å². The molecule has 2 heterocycles. The van der Waals surface area contributed by atoms with Crippen LogP contribution in [0.25, 0.3) is 27.6 Å². The minimum Gasteiger partial charge on any atom is -0.456 e. The standard InChI is InChI=1S/C32H32N2O/c1-22(17-18-33-4)13-15-25-19-28-27-11-7-8-12-31(27)35-32(28)20-30(25)34-21-23(2)14-16-29(34)26-10-6-5-9-24(26)3/h5-14,16-20,33H,15,21H2,1-4H3/b18-17-,22-13-. The number of rotatable bonds is 6. The minimum absolute atomic E-state index is 0.838. The Bertz CT molecular complexity index is 1510. The molecule has 5 rings (SSSR count). The van der Waals surface area contributed by atoms with Crippen molar-refractivity contribution in [1.29, 1.82) is 0 Å². The lowest BCUT2D eigenvalue weighted by Crippen LogP contribution is -2.27. The second-order valence-corrected chi connectivity index (χ2v) is 9.32. The van der Waals surface area contributed by atoms with E-state index in [0.717, 1.165) is 29.5 Å². The summed E-state index contributed by atoms with van der Waals surface area (Å²) in [5, 5.41) is 5.41. The summed E-state index contributed by atoms with van der Waals surface area (Å²) in [6.07, 6.45) is 11.7. The Kier molecular flexibility index (Phi) is 6.33. The van der Waals surface area contributed by atoms with Crippen LogP contribution < -0.4 is 10.2 Å². The number of fused-ring (bicyclic) bond motifs is 3. The molecule has 3 heteroatoms. The van der Waals surface area contributed by atoms with Crippen LogP contribution in [0.2, 0.25) is 0 Å². The molecule has 35 heavy (non-hydrogen) atoms. The van der Waals surface area contributed by atoms with Crippen molar-refractivity contribution in [1.82, 2.24) is 5.32 Å². The van der Waals surface area contributed by atoms with Crippen LogP contribution in [0.3, 0.4) is 0 Å². The van der Waals surface area contributed by atoms with E-state index >= 15 is 0 Å². The van der Waals surface area contributed by atoms with Crippen molar-refractivity contribution in [2.45, 2.75) is 27.2 Å². The van der Waals surface area contributed by atoms with E-state index in [2.05, 4.69) is 104 Å². The summed E-state index contributed by atoms with van der Waals surface area (Å²) in [5.74, 6) is 0. The van der Waals surface area contributed by atoms with Crippen molar-refractivity contribution in [3.63, 3.8) is 0 Å². The number of furan rings is 1. The third-order valence-corrected chi connectivity index (χ3v) is 6.67. The SMILES string of the molecule is CN/C=C\C(C)=C/Cc1cc2c(cc1N1CC(C)=CC=C1c1ccccc1C)oc1ccccc12. The van der Waals surface area contributed by atoms with E-state index in [1.54, 1.807) is 0 Å². The van der Waals surface area contributed by atoms with Crippen molar-refractivity contribution in [3.05, 3.63) is 119 Å². The fourth-order valence-electron chi connectivity index (χ4n) is 4.78. The van der Waals surface area contributed by atoms with Gasteiger partial charge in [0.05, 0.1) is 0 Å². The first-order valence-corrected chi connectivity index (χ1v) is 12.2. The number of anilines is 1. The highest BCUT2D eigenvalue weighted by molar-refractivity contribution is 6.06. The van der Waals surface area contributed by atoms with Crippen molar-refractivity contribution in [2.75, 3.05) is 18.5 Å². The van der Waals surface area contributed by atoms with Crippen molar-refractivity contribution in [2.24, 2.45) is 0 Å². The van der Waals surface area contributed by atoms with Crippen LogP contribution >= 0.6 is 0 Å². The molecule has 3 nitrogen and oxygen atoms in total. The summed E-state index contributed by atoms with van der Waals surface area (Å²) in [6.45, 7) is 7.38. The van der Waals surface area contributed by atoms with E-state index in [-0.39, 0.29) is 0 Å². The average molecular weight is 461 g/mol. The molecule has 0 bridgehead atoms. The van der Waals surface area contributed by atoms with Crippen LogP contribution in [0.15, 0.2) is 107 Å². The Morgan fingerprint density at radius 3 is 2.60 bits per heavy atom. The van der Waals surface area contributed by atoms with Gasteiger partial charge in [0.2, 0.25) is 0 Å². The van der Waals surface area contributed by atoms with Gasteiger partial charge in [-0.05, 0) is 68.8 Å². The maximum Gasteiger partial charge on any atom is 0.137 e. The summed E-state index contributed by atoms with van der Waals surface area (Å²) >= 11 is 0. The second kappa shape index (κ2) is 9.71. The Hall–Kier alpha value is -3.98. The van der Waals surface area contributed by atoms with E-state index in [1.165, 1.54) is 44.6 Å². The van der Waals surface area contributed by atoms with E-state index in [0.29, 0.717) is 0 Å². The van der Waals surface area contributed by atoms with Gasteiger partial charge in [-0.3, -0.25) is 0 Å². The fraction of sp³-hybridized carbons (Fsp3) is 0.188. The molecule has 1 aliphatic heterocycles. The number of aryl methyl sites for hydroxylation is 1. The molecule has 1 aliphatic rings. The molecule has 0 fully saturated rings. The second-order valence-electron chi connectivity index (χ2n) is 9.32. The van der Waals surface area contributed by atoms with Crippen LogP contribution in [0.5, 0.6) is 0 Å². The van der Waals surface area contributed by atoms with Crippen LogP contribution in [0, 0.1) is 6.92 Å². The molecular formula is C32H32N2O. The smallest absolute Gasteiger partial charge is 0.137 e. The highest BCUT2D eigenvalue weighted by Crippen LogP contribution is 2.39. The third-order valence-electron chi connectivity index (χ3n) is 6.67. The maximum absolute atomic E-state index is 6.31. The monoisotopic (exact) mass is 460 g/mol. The van der Waals surface area contributed by atoms with Gasteiger partial charge < -0.3 is 14.6 Å². The predicted molar refractivity (Wildman–Crippen MR) is 150 cm³/mol. The van der Waals surface area contributed by atoms with Gasteiger partial charge in [0, 0.05) is 47.4 Å². The predicted octanol–water partition coefficient (Wildman–Crippen LogP) is 7.92. The molecule has 1 aromatic heterocycles. The van der Waals surface area contributed by atoms with E-state index < -0.39 is 0 Å². The van der Waals surface area contributed by atoms with Gasteiger partial charge in [-0.15, -0.1) is 0 Å². The molecule has 0 unspecified atom stereocenters. The topological polar surface area (TPSA) is 28.4 Å². The van der Waals surface area contributed by atoms with Crippen molar-refractivity contribution in [3.8, 4) is 0 Å². The zero-order valence-electron chi connectivity index (χ0n) is 20.9. The summed E-state index contributed by atoms with van der Waals surface area (Å²) < 4.78 is 6.31. The number of nitrogens with one attached hydrogen (secondary N) is 1. The molecule has 0 spiro atoms. The van der Waals surface area contributed by atoms with Crippen LogP contribution in [-0.2, 0) is 6.42 Å². The lowest BCUT2D eigenvalue weighted by molar-refractivity contribution is 0.668. The van der Waals surface area contributed by atoms with Gasteiger partial charge in [-0.25, -0.2) is 0 Å². The van der Waals surface area contributed by atoms with E-state index in [9.17, 15) is 0 Å². The average Bonchev–Trinajstić information content (AvgIpc) is 3.23. The molecule has 3 aromatic carbocycles. The number of benzene rings is 3. The van der Waals surface area contributed by atoms with E-state index in [4.69, 9.17) is 4.42 Å². The molecule has 176 valence electrons. The first kappa shape index (κ1) is 22.8. The van der Waals surface area contributed by atoms with Crippen LogP contribution in [0.4, 0.5) is 5.69 Å². The lowest BCUT2D eigenvalue weighted by atomic mass is 9.97. The third kappa shape index (κ3) is 4.54. The van der Waals surface area contributed by atoms with Gasteiger partial charge in [-0.2, -0.15) is 0 Å². The molecular weight excluding hydrogens is 428 g/mol. The maximum atomic E-state index is 6.31. The Morgan fingerprint density at radius 1 is 0.971 bits per heavy atom.